The van der Waals surface area contributed by atoms with Gasteiger partial charge in [0.25, 0.3) is 5.91 Å². The molecular weight excluding hydrogens is 238 g/mol. The zero-order valence-corrected chi connectivity index (χ0v) is 8.55. The minimum absolute atomic E-state index is 0.0702. The van der Waals surface area contributed by atoms with Crippen LogP contribution in [0.15, 0.2) is 18.2 Å². The Morgan fingerprint density at radius 1 is 1.31 bits per heavy atom. The number of halogens is 3. The summed E-state index contributed by atoms with van der Waals surface area (Å²) in [6.45, 7) is 0. The molecule has 2 rings (SSSR count). The lowest BCUT2D eigenvalue weighted by atomic mass is 10.1. The van der Waals surface area contributed by atoms with E-state index >= 15 is 0 Å². The molecule has 0 saturated heterocycles. The van der Waals surface area contributed by atoms with Crippen LogP contribution in [0.4, 0.5) is 8.78 Å². The summed E-state index contributed by atoms with van der Waals surface area (Å²) in [4.78, 5) is 14.6. The van der Waals surface area contributed by atoms with E-state index in [4.69, 9.17) is 17.3 Å². The highest BCUT2D eigenvalue weighted by atomic mass is 35.5. The number of benzene rings is 1. The number of carbonyl (C=O) groups excluding carboxylic acids is 1. The number of hydrogen-bond donors (Lipinski definition) is 1. The molecule has 0 spiro atoms. The largest absolute Gasteiger partial charge is 0.366 e. The molecule has 6 heteroatoms. The molecule has 82 valence electrons. The number of fused-ring (bicyclic) bond motifs is 1. The van der Waals surface area contributed by atoms with E-state index in [1.807, 2.05) is 0 Å². The predicted molar refractivity (Wildman–Crippen MR) is 55.2 cm³/mol. The first-order valence-corrected chi connectivity index (χ1v) is 4.62. The van der Waals surface area contributed by atoms with Gasteiger partial charge < -0.3 is 5.73 Å². The Morgan fingerprint density at radius 2 is 2.00 bits per heavy atom. The van der Waals surface area contributed by atoms with Gasteiger partial charge in [0.1, 0.15) is 16.5 Å². The van der Waals surface area contributed by atoms with Crippen molar-refractivity contribution in [3.63, 3.8) is 0 Å². The Morgan fingerprint density at radius 3 is 2.62 bits per heavy atom. The van der Waals surface area contributed by atoms with Gasteiger partial charge in [0.05, 0.1) is 5.56 Å². The second kappa shape index (κ2) is 3.68. The summed E-state index contributed by atoms with van der Waals surface area (Å²) in [5, 5.41) is -0.0683. The molecule has 2 aromatic rings. The highest BCUT2D eigenvalue weighted by molar-refractivity contribution is 6.33. The van der Waals surface area contributed by atoms with E-state index in [1.165, 1.54) is 6.07 Å². The average molecular weight is 243 g/mol. The molecule has 2 N–H and O–H groups in total. The van der Waals surface area contributed by atoms with E-state index in [0.29, 0.717) is 6.07 Å². The maximum Gasteiger partial charge on any atom is 0.251 e. The van der Waals surface area contributed by atoms with Crippen molar-refractivity contribution in [1.29, 1.82) is 0 Å². The standard InChI is InChI=1S/C10H5ClF2N2O/c11-9-6(10(14)16)2-4-1-5(12)3-7(13)8(4)15-9/h1-3H,(H2,14,16). The Hall–Kier alpha value is -1.75. The van der Waals surface area contributed by atoms with Crippen LogP contribution in [0.5, 0.6) is 0 Å². The molecule has 16 heavy (non-hydrogen) atoms. The third kappa shape index (κ3) is 1.69. The van der Waals surface area contributed by atoms with Gasteiger partial charge in [0.15, 0.2) is 5.82 Å². The number of aromatic nitrogens is 1. The van der Waals surface area contributed by atoms with E-state index in [2.05, 4.69) is 4.98 Å². The van der Waals surface area contributed by atoms with Crippen LogP contribution in [0.3, 0.4) is 0 Å². The second-order valence-corrected chi connectivity index (χ2v) is 3.51. The molecule has 1 aromatic heterocycles. The number of amides is 1. The lowest BCUT2D eigenvalue weighted by Crippen LogP contribution is -2.12. The van der Waals surface area contributed by atoms with Gasteiger partial charge >= 0.3 is 0 Å². The lowest BCUT2D eigenvalue weighted by molar-refractivity contribution is 0.1000. The SMILES string of the molecule is NC(=O)c1cc2cc(F)cc(F)c2nc1Cl. The summed E-state index contributed by atoms with van der Waals surface area (Å²) in [5.74, 6) is -2.40. The topological polar surface area (TPSA) is 56.0 Å². The Balaban J connectivity index is 2.84. The quantitative estimate of drug-likeness (QED) is 0.780. The third-order valence-electron chi connectivity index (χ3n) is 2.06. The first kappa shape index (κ1) is 10.8. The van der Waals surface area contributed by atoms with Crippen LogP contribution in [0.2, 0.25) is 5.15 Å². The number of nitrogens with two attached hydrogens (primary N) is 1. The molecule has 3 nitrogen and oxygen atoms in total. The number of rotatable bonds is 1. The summed E-state index contributed by atoms with van der Waals surface area (Å²) in [6, 6.07) is 2.95. The van der Waals surface area contributed by atoms with Crippen LogP contribution in [0, 0.1) is 11.6 Å². The highest BCUT2D eigenvalue weighted by Crippen LogP contribution is 2.23. The zero-order valence-electron chi connectivity index (χ0n) is 7.80. The molecule has 0 radical (unpaired) electrons. The van der Waals surface area contributed by atoms with Gasteiger partial charge in [-0.25, -0.2) is 13.8 Å². The number of carbonyl (C=O) groups is 1. The average Bonchev–Trinajstić information content (AvgIpc) is 2.18. The zero-order chi connectivity index (χ0) is 11.9. The van der Waals surface area contributed by atoms with Crippen molar-refractivity contribution in [2.75, 3.05) is 0 Å². The molecule has 0 unspecified atom stereocenters. The summed E-state index contributed by atoms with van der Waals surface area (Å²) in [6.07, 6.45) is 0. The number of primary amides is 1. The fourth-order valence-corrected chi connectivity index (χ4v) is 1.59. The van der Waals surface area contributed by atoms with Gasteiger partial charge in [-0.2, -0.15) is 0 Å². The van der Waals surface area contributed by atoms with Crippen molar-refractivity contribution < 1.29 is 13.6 Å². The number of nitrogens with zero attached hydrogens (tertiary/aromatic N) is 1. The van der Waals surface area contributed by atoms with E-state index in [0.717, 1.165) is 6.07 Å². The van der Waals surface area contributed by atoms with Crippen LogP contribution in [-0.4, -0.2) is 10.9 Å². The van der Waals surface area contributed by atoms with E-state index in [1.54, 1.807) is 0 Å². The van der Waals surface area contributed by atoms with Crippen LogP contribution < -0.4 is 5.73 Å². The molecule has 0 atom stereocenters. The Bertz CT molecular complexity index is 601. The summed E-state index contributed by atoms with van der Waals surface area (Å²) < 4.78 is 26.2. The predicted octanol–water partition coefficient (Wildman–Crippen LogP) is 2.27. The minimum atomic E-state index is -0.840. The summed E-state index contributed by atoms with van der Waals surface area (Å²) in [5.41, 5.74) is 4.86. The summed E-state index contributed by atoms with van der Waals surface area (Å²) in [7, 11) is 0. The van der Waals surface area contributed by atoms with Crippen LogP contribution in [0.1, 0.15) is 10.4 Å². The van der Waals surface area contributed by atoms with Gasteiger partial charge in [-0.3, -0.25) is 4.79 Å². The van der Waals surface area contributed by atoms with Crippen molar-refractivity contribution in [1.82, 2.24) is 4.98 Å². The molecule has 0 aliphatic rings. The van der Waals surface area contributed by atoms with Crippen molar-refractivity contribution >= 4 is 28.4 Å². The molecule has 0 aliphatic heterocycles. The smallest absolute Gasteiger partial charge is 0.251 e. The van der Waals surface area contributed by atoms with Crippen molar-refractivity contribution in [2.24, 2.45) is 5.73 Å². The van der Waals surface area contributed by atoms with Gasteiger partial charge in [-0.05, 0) is 12.1 Å². The highest BCUT2D eigenvalue weighted by Gasteiger charge is 2.13. The molecule has 0 bridgehead atoms. The molecule has 1 aromatic carbocycles. The fourth-order valence-electron chi connectivity index (χ4n) is 1.36. The monoisotopic (exact) mass is 242 g/mol. The van der Waals surface area contributed by atoms with E-state index in [9.17, 15) is 13.6 Å². The normalized spacial score (nSPS) is 10.7. The summed E-state index contributed by atoms with van der Waals surface area (Å²) >= 11 is 5.64. The Labute approximate surface area is 93.8 Å². The fraction of sp³-hybridized carbons (Fsp3) is 0. The molecule has 0 saturated carbocycles. The first-order valence-electron chi connectivity index (χ1n) is 4.24. The minimum Gasteiger partial charge on any atom is -0.366 e. The van der Waals surface area contributed by atoms with Crippen molar-refractivity contribution in [3.05, 3.63) is 40.6 Å². The first-order chi connectivity index (χ1) is 7.49. The van der Waals surface area contributed by atoms with Gasteiger partial charge in [-0.15, -0.1) is 0 Å². The third-order valence-corrected chi connectivity index (χ3v) is 2.34. The van der Waals surface area contributed by atoms with Crippen molar-refractivity contribution in [3.8, 4) is 0 Å². The maximum absolute atomic E-state index is 13.3. The van der Waals surface area contributed by atoms with Gasteiger partial charge in [-0.1, -0.05) is 11.6 Å². The van der Waals surface area contributed by atoms with Crippen LogP contribution in [0.25, 0.3) is 10.9 Å². The van der Waals surface area contributed by atoms with E-state index < -0.39 is 17.5 Å². The molecule has 1 heterocycles. The van der Waals surface area contributed by atoms with Gasteiger partial charge in [0, 0.05) is 11.5 Å². The van der Waals surface area contributed by atoms with Crippen LogP contribution in [-0.2, 0) is 0 Å². The lowest BCUT2D eigenvalue weighted by Gasteiger charge is -2.03. The molecule has 1 amide bonds. The van der Waals surface area contributed by atoms with Gasteiger partial charge in [0.2, 0.25) is 0 Å². The number of pyridine rings is 1. The second-order valence-electron chi connectivity index (χ2n) is 3.15. The molecule has 0 fully saturated rings. The number of hydrogen-bond acceptors (Lipinski definition) is 2. The maximum atomic E-state index is 13.3. The molecule has 0 aliphatic carbocycles. The van der Waals surface area contributed by atoms with Crippen LogP contribution >= 0.6 is 11.6 Å². The molecular formula is C10H5ClF2N2O. The van der Waals surface area contributed by atoms with Crippen molar-refractivity contribution in [2.45, 2.75) is 0 Å². The Kier molecular flexibility index (Phi) is 2.47. The van der Waals surface area contributed by atoms with E-state index in [-0.39, 0.29) is 21.6 Å².